The SMILES string of the molecule is CCNC(=NCc1csc(N(C)C)n1)NCC(c1ccccc1OC)N1CCCC1.I. The summed E-state index contributed by atoms with van der Waals surface area (Å²) in [4.78, 5) is 14.0. The number of hydrogen-bond donors (Lipinski definition) is 2. The number of hydrogen-bond acceptors (Lipinski definition) is 6. The number of nitrogens with zero attached hydrogens (tertiary/aromatic N) is 4. The first-order chi connectivity index (χ1) is 14.6. The highest BCUT2D eigenvalue weighted by Gasteiger charge is 2.26. The second-order valence-corrected chi connectivity index (χ2v) is 8.43. The molecule has 0 saturated carbocycles. The molecule has 2 N–H and O–H groups in total. The lowest BCUT2D eigenvalue weighted by molar-refractivity contribution is 0.239. The van der Waals surface area contributed by atoms with E-state index in [0.29, 0.717) is 6.54 Å². The van der Waals surface area contributed by atoms with Crippen molar-refractivity contribution in [3.8, 4) is 5.75 Å². The number of thiazole rings is 1. The topological polar surface area (TPSA) is 65.0 Å². The molecule has 0 bridgehead atoms. The van der Waals surface area contributed by atoms with Crippen LogP contribution in [-0.4, -0.2) is 63.2 Å². The Hall–Kier alpha value is -1.59. The van der Waals surface area contributed by atoms with E-state index >= 15 is 0 Å². The van der Waals surface area contributed by atoms with Gasteiger partial charge in [-0.1, -0.05) is 18.2 Å². The molecule has 2 aromatic rings. The number of aromatic nitrogens is 1. The number of ether oxygens (including phenoxy) is 1. The van der Waals surface area contributed by atoms with Gasteiger partial charge in [-0.2, -0.15) is 0 Å². The lowest BCUT2D eigenvalue weighted by atomic mass is 10.0. The van der Waals surface area contributed by atoms with Crippen LogP contribution < -0.4 is 20.3 Å². The van der Waals surface area contributed by atoms with E-state index in [0.717, 1.165) is 48.7 Å². The zero-order valence-electron chi connectivity index (χ0n) is 18.9. The Kier molecular flexibility index (Phi) is 10.8. The maximum atomic E-state index is 5.66. The van der Waals surface area contributed by atoms with Gasteiger partial charge in [0.25, 0.3) is 0 Å². The minimum atomic E-state index is 0. The normalized spacial score (nSPS) is 15.3. The fourth-order valence-electron chi connectivity index (χ4n) is 3.70. The van der Waals surface area contributed by atoms with Gasteiger partial charge < -0.3 is 20.3 Å². The van der Waals surface area contributed by atoms with Gasteiger partial charge in [0.1, 0.15) is 5.75 Å². The number of benzene rings is 1. The molecule has 1 aromatic carbocycles. The highest BCUT2D eigenvalue weighted by molar-refractivity contribution is 14.0. The van der Waals surface area contributed by atoms with Crippen molar-refractivity contribution in [3.63, 3.8) is 0 Å². The summed E-state index contributed by atoms with van der Waals surface area (Å²) in [5.74, 6) is 1.76. The van der Waals surface area contributed by atoms with E-state index in [9.17, 15) is 0 Å². The van der Waals surface area contributed by atoms with Crippen molar-refractivity contribution in [2.24, 2.45) is 4.99 Å². The van der Waals surface area contributed by atoms with Crippen molar-refractivity contribution in [1.29, 1.82) is 0 Å². The van der Waals surface area contributed by atoms with Gasteiger partial charge in [0.05, 0.1) is 25.4 Å². The number of anilines is 1. The molecule has 0 aliphatic carbocycles. The Bertz CT molecular complexity index is 822. The van der Waals surface area contributed by atoms with E-state index in [1.807, 2.05) is 31.1 Å². The van der Waals surface area contributed by atoms with Crippen LogP contribution in [0.15, 0.2) is 34.6 Å². The van der Waals surface area contributed by atoms with Gasteiger partial charge in [0.15, 0.2) is 11.1 Å². The Morgan fingerprint density at radius 1 is 1.26 bits per heavy atom. The number of para-hydroxylation sites is 1. The Morgan fingerprint density at radius 2 is 2.00 bits per heavy atom. The third kappa shape index (κ3) is 7.21. The minimum absolute atomic E-state index is 0. The summed E-state index contributed by atoms with van der Waals surface area (Å²) < 4.78 is 5.66. The maximum absolute atomic E-state index is 5.66. The lowest BCUT2D eigenvalue weighted by Crippen LogP contribution is -2.42. The zero-order chi connectivity index (χ0) is 21.3. The second kappa shape index (κ2) is 13.1. The average molecular weight is 559 g/mol. The number of methoxy groups -OCH3 is 1. The summed E-state index contributed by atoms with van der Waals surface area (Å²) in [5.41, 5.74) is 2.21. The van der Waals surface area contributed by atoms with Gasteiger partial charge in [-0.25, -0.2) is 9.98 Å². The maximum Gasteiger partial charge on any atom is 0.191 e. The third-order valence-electron chi connectivity index (χ3n) is 5.21. The monoisotopic (exact) mass is 558 g/mol. The van der Waals surface area contributed by atoms with Gasteiger partial charge in [0, 0.05) is 38.1 Å². The molecule has 9 heteroatoms. The molecule has 1 aliphatic heterocycles. The van der Waals surface area contributed by atoms with Crippen LogP contribution in [-0.2, 0) is 6.54 Å². The average Bonchev–Trinajstić information content (AvgIpc) is 3.45. The fraction of sp³-hybridized carbons (Fsp3) is 0.545. The fourth-order valence-corrected chi connectivity index (χ4v) is 4.45. The van der Waals surface area contributed by atoms with Crippen molar-refractivity contribution in [2.75, 3.05) is 52.3 Å². The zero-order valence-corrected chi connectivity index (χ0v) is 22.1. The molecule has 1 fully saturated rings. The highest BCUT2D eigenvalue weighted by atomic mass is 127. The summed E-state index contributed by atoms with van der Waals surface area (Å²) >= 11 is 1.64. The van der Waals surface area contributed by atoms with Gasteiger partial charge in [0.2, 0.25) is 0 Å². The van der Waals surface area contributed by atoms with Crippen LogP contribution in [0.4, 0.5) is 5.13 Å². The Balaban J connectivity index is 0.00000341. The number of likely N-dealkylation sites (tertiary alicyclic amines) is 1. The molecule has 0 spiro atoms. The van der Waals surface area contributed by atoms with Crippen LogP contribution >= 0.6 is 35.3 Å². The molecule has 1 aliphatic rings. The lowest BCUT2D eigenvalue weighted by Gasteiger charge is -2.30. The third-order valence-corrected chi connectivity index (χ3v) is 6.26. The largest absolute Gasteiger partial charge is 0.496 e. The number of halogens is 1. The molecule has 1 unspecified atom stereocenters. The van der Waals surface area contributed by atoms with Crippen LogP contribution in [0, 0.1) is 0 Å². The molecule has 2 heterocycles. The molecule has 1 saturated heterocycles. The van der Waals surface area contributed by atoms with Gasteiger partial charge in [-0.3, -0.25) is 4.90 Å². The number of aliphatic imine (C=N–C) groups is 1. The number of guanidine groups is 1. The molecule has 172 valence electrons. The standard InChI is InChI=1S/C22H34N6OS.HI/c1-5-23-21(24-14-17-16-30-22(26-17)27(2)3)25-15-19(28-12-8-9-13-28)18-10-6-7-11-20(18)29-4;/h6-7,10-11,16,19H,5,8-9,12-15H2,1-4H3,(H2,23,24,25);1H. The molecule has 0 amide bonds. The van der Waals surface area contributed by atoms with E-state index in [1.165, 1.54) is 18.4 Å². The van der Waals surface area contributed by atoms with Crippen LogP contribution in [0.3, 0.4) is 0 Å². The van der Waals surface area contributed by atoms with Crippen molar-refractivity contribution in [3.05, 3.63) is 40.9 Å². The highest BCUT2D eigenvalue weighted by Crippen LogP contribution is 2.31. The van der Waals surface area contributed by atoms with Crippen LogP contribution in [0.2, 0.25) is 0 Å². The molecule has 7 nitrogen and oxygen atoms in total. The Morgan fingerprint density at radius 3 is 2.65 bits per heavy atom. The smallest absolute Gasteiger partial charge is 0.191 e. The van der Waals surface area contributed by atoms with Gasteiger partial charge >= 0.3 is 0 Å². The van der Waals surface area contributed by atoms with E-state index in [-0.39, 0.29) is 30.0 Å². The van der Waals surface area contributed by atoms with Crippen molar-refractivity contribution < 1.29 is 4.74 Å². The molecule has 0 radical (unpaired) electrons. The molecule has 3 rings (SSSR count). The molecule has 1 atom stereocenters. The summed E-state index contributed by atoms with van der Waals surface area (Å²) in [6, 6.07) is 8.57. The van der Waals surface area contributed by atoms with Crippen molar-refractivity contribution >= 4 is 46.4 Å². The first-order valence-corrected chi connectivity index (χ1v) is 11.5. The summed E-state index contributed by atoms with van der Waals surface area (Å²) in [6.07, 6.45) is 2.50. The van der Waals surface area contributed by atoms with Gasteiger partial charge in [-0.05, 0) is 38.9 Å². The first-order valence-electron chi connectivity index (χ1n) is 10.6. The van der Waals surface area contributed by atoms with E-state index in [2.05, 4.69) is 45.0 Å². The van der Waals surface area contributed by atoms with E-state index in [1.54, 1.807) is 18.4 Å². The predicted octanol–water partition coefficient (Wildman–Crippen LogP) is 3.73. The molecule has 1 aromatic heterocycles. The van der Waals surface area contributed by atoms with Gasteiger partial charge in [-0.15, -0.1) is 35.3 Å². The van der Waals surface area contributed by atoms with Crippen molar-refractivity contribution in [2.45, 2.75) is 32.4 Å². The molecular formula is C22H35IN6OS. The predicted molar refractivity (Wildman–Crippen MR) is 141 cm³/mol. The minimum Gasteiger partial charge on any atom is -0.496 e. The second-order valence-electron chi connectivity index (χ2n) is 7.59. The molecule has 31 heavy (non-hydrogen) atoms. The molecular weight excluding hydrogens is 523 g/mol. The van der Waals surface area contributed by atoms with Crippen LogP contribution in [0.25, 0.3) is 0 Å². The van der Waals surface area contributed by atoms with Crippen LogP contribution in [0.5, 0.6) is 5.75 Å². The Labute approximate surface area is 207 Å². The summed E-state index contributed by atoms with van der Waals surface area (Å²) in [6.45, 7) is 6.46. The summed E-state index contributed by atoms with van der Waals surface area (Å²) in [5, 5.41) is 9.99. The first kappa shape index (κ1) is 25.7. The number of rotatable bonds is 9. The summed E-state index contributed by atoms with van der Waals surface area (Å²) in [7, 11) is 5.76. The van der Waals surface area contributed by atoms with Crippen LogP contribution in [0.1, 0.15) is 37.1 Å². The van der Waals surface area contributed by atoms with E-state index in [4.69, 9.17) is 9.73 Å². The quantitative estimate of drug-likeness (QED) is 0.278. The van der Waals surface area contributed by atoms with E-state index < -0.39 is 0 Å². The van der Waals surface area contributed by atoms with Crippen molar-refractivity contribution in [1.82, 2.24) is 20.5 Å². The number of nitrogens with one attached hydrogen (secondary N) is 2.